The molecular formula is C23H24N4O3S. The molecular weight excluding hydrogens is 412 g/mol. The standard InChI is InChI=1S/C23H24N4O3S/c1-16-5-9-20(10-6-16)29-14-21-25-26-23(30-21)31-15-22(28)27(12-4-11-24)19-8-7-17(2)18(3)13-19/h5-10,13H,4,12,14-15H2,1-3H3. The summed E-state index contributed by atoms with van der Waals surface area (Å²) in [5.41, 5.74) is 4.17. The molecule has 8 heteroatoms. The van der Waals surface area contributed by atoms with E-state index >= 15 is 0 Å². The van der Waals surface area contributed by atoms with Gasteiger partial charge in [-0.2, -0.15) is 5.26 Å². The number of carbonyl (C=O) groups is 1. The summed E-state index contributed by atoms with van der Waals surface area (Å²) in [7, 11) is 0. The Hall–Kier alpha value is -3.31. The third kappa shape index (κ3) is 6.33. The minimum Gasteiger partial charge on any atom is -0.484 e. The van der Waals surface area contributed by atoms with Crippen LogP contribution in [0.25, 0.3) is 0 Å². The van der Waals surface area contributed by atoms with Gasteiger partial charge in [-0.1, -0.05) is 35.5 Å². The van der Waals surface area contributed by atoms with Gasteiger partial charge in [-0.3, -0.25) is 4.79 Å². The van der Waals surface area contributed by atoms with Gasteiger partial charge in [0.15, 0.2) is 6.61 Å². The lowest BCUT2D eigenvalue weighted by Gasteiger charge is -2.22. The van der Waals surface area contributed by atoms with E-state index in [0.717, 1.165) is 28.1 Å². The van der Waals surface area contributed by atoms with Gasteiger partial charge in [0, 0.05) is 12.2 Å². The van der Waals surface area contributed by atoms with Crippen molar-refractivity contribution in [2.24, 2.45) is 0 Å². The molecule has 0 spiro atoms. The highest BCUT2D eigenvalue weighted by Gasteiger charge is 2.18. The number of hydrogen-bond acceptors (Lipinski definition) is 7. The average Bonchev–Trinajstić information content (AvgIpc) is 3.22. The van der Waals surface area contributed by atoms with Crippen LogP contribution < -0.4 is 9.64 Å². The molecule has 0 radical (unpaired) electrons. The molecule has 0 fully saturated rings. The van der Waals surface area contributed by atoms with E-state index in [1.54, 1.807) is 4.90 Å². The highest BCUT2D eigenvalue weighted by Crippen LogP contribution is 2.23. The van der Waals surface area contributed by atoms with Crippen LogP contribution in [-0.4, -0.2) is 28.4 Å². The topological polar surface area (TPSA) is 92.3 Å². The normalized spacial score (nSPS) is 10.5. The number of amides is 1. The van der Waals surface area contributed by atoms with E-state index in [1.165, 1.54) is 11.8 Å². The quantitative estimate of drug-likeness (QED) is 0.452. The van der Waals surface area contributed by atoms with Crippen LogP contribution in [0, 0.1) is 32.1 Å². The van der Waals surface area contributed by atoms with Gasteiger partial charge in [0.25, 0.3) is 11.1 Å². The van der Waals surface area contributed by atoms with E-state index in [2.05, 4.69) is 16.3 Å². The van der Waals surface area contributed by atoms with Crippen LogP contribution in [0.1, 0.15) is 29.0 Å². The molecule has 1 heterocycles. The zero-order valence-corrected chi connectivity index (χ0v) is 18.6. The summed E-state index contributed by atoms with van der Waals surface area (Å²) in [5, 5.41) is 17.2. The van der Waals surface area contributed by atoms with Gasteiger partial charge in [-0.05, 0) is 56.2 Å². The number of carbonyl (C=O) groups excluding carboxylic acids is 1. The van der Waals surface area contributed by atoms with Crippen molar-refractivity contribution in [2.75, 3.05) is 17.2 Å². The fourth-order valence-corrected chi connectivity index (χ4v) is 3.45. The predicted octanol–water partition coefficient (Wildman–Crippen LogP) is 4.61. The number of rotatable bonds is 9. The SMILES string of the molecule is Cc1ccc(OCc2nnc(SCC(=O)N(CCC#N)c3ccc(C)c(C)c3)o2)cc1. The number of ether oxygens (including phenoxy) is 1. The molecule has 0 atom stereocenters. The van der Waals surface area contributed by atoms with Crippen molar-refractivity contribution in [3.05, 3.63) is 65.0 Å². The number of nitriles is 1. The lowest BCUT2D eigenvalue weighted by Crippen LogP contribution is -2.33. The van der Waals surface area contributed by atoms with Gasteiger partial charge in [-0.15, -0.1) is 10.2 Å². The number of thioether (sulfide) groups is 1. The summed E-state index contributed by atoms with van der Waals surface area (Å²) in [4.78, 5) is 14.5. The van der Waals surface area contributed by atoms with Crippen molar-refractivity contribution in [1.82, 2.24) is 10.2 Å². The van der Waals surface area contributed by atoms with E-state index in [9.17, 15) is 4.79 Å². The van der Waals surface area contributed by atoms with Crippen molar-refractivity contribution >= 4 is 23.4 Å². The third-order valence-corrected chi connectivity index (χ3v) is 5.50. The maximum atomic E-state index is 12.8. The minimum atomic E-state index is -0.126. The third-order valence-electron chi connectivity index (χ3n) is 4.70. The highest BCUT2D eigenvalue weighted by molar-refractivity contribution is 7.99. The molecule has 0 aliphatic carbocycles. The molecule has 0 aliphatic rings. The number of aromatic nitrogens is 2. The molecule has 0 saturated heterocycles. The largest absolute Gasteiger partial charge is 0.484 e. The maximum Gasteiger partial charge on any atom is 0.277 e. The van der Waals surface area contributed by atoms with Crippen molar-refractivity contribution < 1.29 is 13.9 Å². The summed E-state index contributed by atoms with van der Waals surface area (Å²) < 4.78 is 11.2. The number of benzene rings is 2. The fraction of sp³-hybridized carbons (Fsp3) is 0.304. The Morgan fingerprint density at radius 1 is 1.13 bits per heavy atom. The van der Waals surface area contributed by atoms with Gasteiger partial charge < -0.3 is 14.1 Å². The average molecular weight is 437 g/mol. The molecule has 0 bridgehead atoms. The first kappa shape index (κ1) is 22.4. The van der Waals surface area contributed by atoms with Gasteiger partial charge in [0.1, 0.15) is 5.75 Å². The summed E-state index contributed by atoms with van der Waals surface area (Å²) in [6.07, 6.45) is 0.254. The van der Waals surface area contributed by atoms with Gasteiger partial charge >= 0.3 is 0 Å². The first-order valence-electron chi connectivity index (χ1n) is 9.85. The molecule has 0 unspecified atom stereocenters. The van der Waals surface area contributed by atoms with E-state index in [4.69, 9.17) is 14.4 Å². The number of aryl methyl sites for hydroxylation is 3. The maximum absolute atomic E-state index is 12.8. The van der Waals surface area contributed by atoms with Crippen LogP contribution in [0.15, 0.2) is 52.1 Å². The van der Waals surface area contributed by atoms with Gasteiger partial charge in [0.2, 0.25) is 5.91 Å². The number of nitrogens with zero attached hydrogens (tertiary/aromatic N) is 4. The van der Waals surface area contributed by atoms with E-state index in [-0.39, 0.29) is 24.7 Å². The van der Waals surface area contributed by atoms with Crippen LogP contribution >= 0.6 is 11.8 Å². The molecule has 3 rings (SSSR count). The molecule has 3 aromatic rings. The van der Waals surface area contributed by atoms with Crippen LogP contribution in [-0.2, 0) is 11.4 Å². The lowest BCUT2D eigenvalue weighted by molar-refractivity contribution is -0.116. The molecule has 2 aromatic carbocycles. The first-order valence-corrected chi connectivity index (χ1v) is 10.8. The Morgan fingerprint density at radius 3 is 2.61 bits per heavy atom. The van der Waals surface area contributed by atoms with Crippen LogP contribution in [0.5, 0.6) is 5.75 Å². The van der Waals surface area contributed by atoms with Gasteiger partial charge in [-0.25, -0.2) is 0 Å². The summed E-state index contributed by atoms with van der Waals surface area (Å²) in [6, 6.07) is 15.6. The fourth-order valence-electron chi connectivity index (χ4n) is 2.79. The highest BCUT2D eigenvalue weighted by atomic mass is 32.2. The zero-order valence-electron chi connectivity index (χ0n) is 17.8. The van der Waals surface area contributed by atoms with E-state index in [1.807, 2.05) is 63.2 Å². The monoisotopic (exact) mass is 436 g/mol. The Labute approximate surface area is 186 Å². The van der Waals surface area contributed by atoms with Crippen molar-refractivity contribution in [1.29, 1.82) is 5.26 Å². The summed E-state index contributed by atoms with van der Waals surface area (Å²) in [6.45, 7) is 6.51. The second-order valence-electron chi connectivity index (χ2n) is 7.07. The molecule has 0 saturated carbocycles. The van der Waals surface area contributed by atoms with Crippen molar-refractivity contribution in [3.63, 3.8) is 0 Å². The molecule has 1 aromatic heterocycles. The first-order chi connectivity index (χ1) is 15.0. The van der Waals surface area contributed by atoms with E-state index < -0.39 is 0 Å². The number of anilines is 1. The van der Waals surface area contributed by atoms with Crippen LogP contribution in [0.4, 0.5) is 5.69 Å². The molecule has 7 nitrogen and oxygen atoms in total. The molecule has 0 aliphatic heterocycles. The van der Waals surface area contributed by atoms with Crippen LogP contribution in [0.3, 0.4) is 0 Å². The molecule has 0 N–H and O–H groups in total. The summed E-state index contributed by atoms with van der Waals surface area (Å²) in [5.74, 6) is 1.05. The Morgan fingerprint density at radius 2 is 1.90 bits per heavy atom. The van der Waals surface area contributed by atoms with Crippen molar-refractivity contribution in [2.45, 2.75) is 39.0 Å². The second-order valence-corrected chi connectivity index (χ2v) is 8.00. The lowest BCUT2D eigenvalue weighted by atomic mass is 10.1. The summed E-state index contributed by atoms with van der Waals surface area (Å²) >= 11 is 1.17. The second kappa shape index (κ2) is 10.6. The Bertz CT molecular complexity index is 1070. The Kier molecular flexibility index (Phi) is 7.68. The number of hydrogen-bond donors (Lipinski definition) is 0. The van der Waals surface area contributed by atoms with Crippen LogP contribution in [0.2, 0.25) is 0 Å². The Balaban J connectivity index is 1.58. The molecule has 160 valence electrons. The smallest absolute Gasteiger partial charge is 0.277 e. The predicted molar refractivity (Wildman–Crippen MR) is 119 cm³/mol. The zero-order chi connectivity index (χ0) is 22.2. The minimum absolute atomic E-state index is 0.124. The van der Waals surface area contributed by atoms with Gasteiger partial charge in [0.05, 0.1) is 18.2 Å². The molecule has 1 amide bonds. The van der Waals surface area contributed by atoms with E-state index in [0.29, 0.717) is 17.7 Å². The van der Waals surface area contributed by atoms with Crippen molar-refractivity contribution in [3.8, 4) is 11.8 Å². The molecule has 31 heavy (non-hydrogen) atoms.